The van der Waals surface area contributed by atoms with E-state index in [1.54, 1.807) is 20.8 Å². The fraction of sp³-hybridized carbons (Fsp3) is 0.696. The fourth-order valence-electron chi connectivity index (χ4n) is 2.62. The highest BCUT2D eigenvalue weighted by Gasteiger charge is 2.21. The number of quaternary nitrogens is 1. The van der Waals surface area contributed by atoms with Gasteiger partial charge in [0.25, 0.3) is 0 Å². The second kappa shape index (κ2) is 15.8. The highest BCUT2D eigenvalue weighted by molar-refractivity contribution is 5.79. The summed E-state index contributed by atoms with van der Waals surface area (Å²) in [6.07, 6.45) is 1.64. The van der Waals surface area contributed by atoms with E-state index < -0.39 is 0 Å². The molecule has 0 amide bonds. The Hall–Kier alpha value is -1.26. The number of carbonyl (C=O) groups excluding carboxylic acids is 2. The van der Waals surface area contributed by atoms with Gasteiger partial charge in [-0.2, -0.15) is 6.92 Å². The van der Waals surface area contributed by atoms with E-state index >= 15 is 0 Å². The number of Topliss-reactive ketones (excluding diaryl/α,β-unsaturated/α-hetero) is 2. The summed E-state index contributed by atoms with van der Waals surface area (Å²) < 4.78 is 0.831. The van der Waals surface area contributed by atoms with Crippen LogP contribution in [0.15, 0.2) is 24.3 Å². The van der Waals surface area contributed by atoms with Gasteiger partial charge in [-0.15, -0.1) is 13.2 Å². The van der Waals surface area contributed by atoms with Crippen LogP contribution in [0.25, 0.3) is 0 Å². The van der Waals surface area contributed by atoms with E-state index in [-0.39, 0.29) is 23.4 Å². The molecule has 0 bridgehead atoms. The third kappa shape index (κ3) is 22.7. The standard InChI is InChI=1S/C11H22NO.C10H19NO.C2H5/c1-9(2)7-11(10(3)13)8-12(4,5)6;1-8(2)6-10(9(3)12)7-11(4)5;1-2/h11H,1,7-8H2,2-6H3;10H,1,6-7H2,2-5H3;1H2,2H3/q+1;;-1. The SMILES string of the molecule is C=C(C)CC(CN(C)C)C(C)=O.C=C(C)CC(C[N+](C)(C)C)C(C)=O.[CH2-]C. The molecule has 0 aliphatic rings. The van der Waals surface area contributed by atoms with Gasteiger partial charge in [-0.25, -0.2) is 0 Å². The lowest BCUT2D eigenvalue weighted by atomic mass is 9.96. The Balaban J connectivity index is -0.000000391. The quantitative estimate of drug-likeness (QED) is 0.319. The smallest absolute Gasteiger partial charge is 0.138 e. The summed E-state index contributed by atoms with van der Waals surface area (Å²) >= 11 is 0. The molecule has 0 saturated heterocycles. The number of nitrogens with zero attached hydrogens (tertiary/aromatic N) is 2. The Labute approximate surface area is 169 Å². The average molecular weight is 383 g/mol. The molecule has 0 aromatic rings. The summed E-state index contributed by atoms with van der Waals surface area (Å²) in [7, 11) is 10.3. The molecular formula is C23H46N2O2. The topological polar surface area (TPSA) is 37.4 Å². The molecule has 0 radical (unpaired) electrons. The molecule has 0 rings (SSSR count). The molecule has 0 N–H and O–H groups in total. The summed E-state index contributed by atoms with van der Waals surface area (Å²) in [5.74, 6) is 0.790. The molecule has 2 unspecified atom stereocenters. The van der Waals surface area contributed by atoms with Crippen molar-refractivity contribution in [2.75, 3.05) is 48.3 Å². The van der Waals surface area contributed by atoms with Crippen molar-refractivity contribution in [1.29, 1.82) is 0 Å². The molecule has 0 heterocycles. The van der Waals surface area contributed by atoms with Crippen LogP contribution >= 0.6 is 0 Å². The van der Waals surface area contributed by atoms with Crippen LogP contribution < -0.4 is 0 Å². The van der Waals surface area contributed by atoms with Crippen LogP contribution in [0.1, 0.15) is 47.5 Å². The second-order valence-electron chi connectivity index (χ2n) is 8.67. The molecule has 0 aliphatic carbocycles. The molecular weight excluding hydrogens is 336 g/mol. The number of rotatable bonds is 10. The van der Waals surface area contributed by atoms with Crippen LogP contribution in [0.4, 0.5) is 0 Å². The van der Waals surface area contributed by atoms with E-state index in [1.165, 1.54) is 0 Å². The van der Waals surface area contributed by atoms with Gasteiger partial charge in [-0.1, -0.05) is 11.1 Å². The first-order valence-corrected chi connectivity index (χ1v) is 9.61. The van der Waals surface area contributed by atoms with E-state index in [0.29, 0.717) is 0 Å². The Morgan fingerprint density at radius 1 is 0.852 bits per heavy atom. The molecule has 160 valence electrons. The van der Waals surface area contributed by atoms with E-state index in [0.717, 1.165) is 41.6 Å². The largest absolute Gasteiger partial charge is 0.346 e. The van der Waals surface area contributed by atoms with Crippen molar-refractivity contribution < 1.29 is 14.1 Å². The molecule has 0 aromatic heterocycles. The molecule has 2 atom stereocenters. The highest BCUT2D eigenvalue weighted by Crippen LogP contribution is 2.14. The highest BCUT2D eigenvalue weighted by atomic mass is 16.1. The van der Waals surface area contributed by atoms with Crippen LogP contribution in [0.2, 0.25) is 0 Å². The molecule has 4 nitrogen and oxygen atoms in total. The van der Waals surface area contributed by atoms with E-state index in [9.17, 15) is 9.59 Å². The Morgan fingerprint density at radius 2 is 1.19 bits per heavy atom. The van der Waals surface area contributed by atoms with Gasteiger partial charge in [-0.05, 0) is 54.6 Å². The number of hydrogen-bond donors (Lipinski definition) is 0. The van der Waals surface area contributed by atoms with Crippen LogP contribution in [-0.2, 0) is 9.59 Å². The van der Waals surface area contributed by atoms with Crippen LogP contribution in [0, 0.1) is 18.8 Å². The van der Waals surface area contributed by atoms with Gasteiger partial charge in [-0.3, -0.25) is 9.59 Å². The maximum absolute atomic E-state index is 11.3. The first-order valence-electron chi connectivity index (χ1n) is 9.61. The number of hydrogen-bond acceptors (Lipinski definition) is 3. The van der Waals surface area contributed by atoms with Crippen molar-refractivity contribution in [3.05, 3.63) is 31.2 Å². The van der Waals surface area contributed by atoms with Crippen molar-refractivity contribution >= 4 is 11.6 Å². The lowest BCUT2D eigenvalue weighted by Gasteiger charge is -2.28. The third-order valence-electron chi connectivity index (χ3n) is 3.69. The Kier molecular flexibility index (Phi) is 17.8. The zero-order chi connectivity index (χ0) is 22.4. The van der Waals surface area contributed by atoms with Crippen molar-refractivity contribution in [2.45, 2.75) is 47.5 Å². The monoisotopic (exact) mass is 382 g/mol. The molecule has 0 aromatic carbocycles. The van der Waals surface area contributed by atoms with E-state index in [1.807, 2.05) is 32.8 Å². The molecule has 27 heavy (non-hydrogen) atoms. The Morgan fingerprint density at radius 3 is 1.41 bits per heavy atom. The minimum atomic E-state index is 0.123. The minimum Gasteiger partial charge on any atom is -0.346 e. The predicted octanol–water partition coefficient (Wildman–Crippen LogP) is 4.42. The molecule has 0 saturated carbocycles. The van der Waals surface area contributed by atoms with Gasteiger partial charge in [0.1, 0.15) is 11.6 Å². The summed E-state index contributed by atoms with van der Waals surface area (Å²) in [6.45, 7) is 21.6. The van der Waals surface area contributed by atoms with Crippen molar-refractivity contribution in [2.24, 2.45) is 11.8 Å². The van der Waals surface area contributed by atoms with Gasteiger partial charge < -0.3 is 16.3 Å². The predicted molar refractivity (Wildman–Crippen MR) is 120 cm³/mol. The molecule has 0 fully saturated rings. The first-order chi connectivity index (χ1) is 12.2. The second-order valence-corrected chi connectivity index (χ2v) is 8.67. The van der Waals surface area contributed by atoms with E-state index in [4.69, 9.17) is 0 Å². The first kappa shape index (κ1) is 30.5. The maximum atomic E-state index is 11.3. The normalized spacial score (nSPS) is 12.7. The van der Waals surface area contributed by atoms with Crippen LogP contribution in [-0.4, -0.2) is 69.3 Å². The third-order valence-corrected chi connectivity index (χ3v) is 3.69. The minimum absolute atomic E-state index is 0.123. The molecule has 0 spiro atoms. The summed E-state index contributed by atoms with van der Waals surface area (Å²) in [6, 6.07) is 0. The maximum Gasteiger partial charge on any atom is 0.138 e. The lowest BCUT2D eigenvalue weighted by Crippen LogP contribution is -2.41. The lowest BCUT2D eigenvalue weighted by molar-refractivity contribution is -0.872. The summed E-state index contributed by atoms with van der Waals surface area (Å²) in [5.41, 5.74) is 2.17. The molecule has 0 aliphatic heterocycles. The number of ketones is 2. The van der Waals surface area contributed by atoms with Gasteiger partial charge in [0.15, 0.2) is 0 Å². The van der Waals surface area contributed by atoms with Gasteiger partial charge in [0.05, 0.1) is 33.6 Å². The zero-order valence-corrected chi connectivity index (χ0v) is 19.8. The van der Waals surface area contributed by atoms with Crippen molar-refractivity contribution in [1.82, 2.24) is 4.90 Å². The van der Waals surface area contributed by atoms with E-state index in [2.05, 4.69) is 41.2 Å². The fourth-order valence-corrected chi connectivity index (χ4v) is 2.62. The Bertz CT molecular complexity index is 459. The summed E-state index contributed by atoms with van der Waals surface area (Å²) in [4.78, 5) is 24.5. The van der Waals surface area contributed by atoms with Gasteiger partial charge in [0, 0.05) is 12.5 Å². The van der Waals surface area contributed by atoms with Crippen molar-refractivity contribution in [3.8, 4) is 0 Å². The zero-order valence-electron chi connectivity index (χ0n) is 19.8. The van der Waals surface area contributed by atoms with Crippen molar-refractivity contribution in [3.63, 3.8) is 0 Å². The van der Waals surface area contributed by atoms with Gasteiger partial charge in [0.2, 0.25) is 0 Å². The molecule has 4 heteroatoms. The van der Waals surface area contributed by atoms with Crippen LogP contribution in [0.3, 0.4) is 0 Å². The van der Waals surface area contributed by atoms with Gasteiger partial charge >= 0.3 is 0 Å². The average Bonchev–Trinajstić information content (AvgIpc) is 2.45. The number of allylic oxidation sites excluding steroid dienone is 2. The van der Waals surface area contributed by atoms with Crippen LogP contribution in [0.5, 0.6) is 0 Å². The summed E-state index contributed by atoms with van der Waals surface area (Å²) in [5, 5.41) is 0. The number of carbonyl (C=O) groups is 2.